The second-order valence-electron chi connectivity index (χ2n) is 2.56. The van der Waals surface area contributed by atoms with E-state index in [4.69, 9.17) is 11.6 Å². The zero-order chi connectivity index (χ0) is 9.59. The lowest BCUT2D eigenvalue weighted by atomic mass is 10.4. The number of halogens is 3. The fraction of sp³-hybridized carbons (Fsp3) is 0.143. The van der Waals surface area contributed by atoms with Gasteiger partial charge in [-0.3, -0.25) is 0 Å². The van der Waals surface area contributed by atoms with Crippen LogP contribution in [0.15, 0.2) is 10.5 Å². The number of fused-ring (bicyclic) bond motifs is 1. The second kappa shape index (κ2) is 3.36. The third-order valence-electron chi connectivity index (χ3n) is 1.66. The molecule has 0 aromatic carbocycles. The summed E-state index contributed by atoms with van der Waals surface area (Å²) in [6, 6.07) is 1.99. The van der Waals surface area contributed by atoms with E-state index < -0.39 is 0 Å². The minimum Gasteiger partial charge on any atom is -0.216 e. The zero-order valence-corrected chi connectivity index (χ0v) is 11.1. The smallest absolute Gasteiger partial charge is 0.216 e. The maximum atomic E-state index is 5.72. The molecular weight excluding hydrogens is 368 g/mol. The van der Waals surface area contributed by atoms with Crippen LogP contribution in [0.1, 0.15) is 5.69 Å². The van der Waals surface area contributed by atoms with Gasteiger partial charge in [0.25, 0.3) is 0 Å². The molecule has 0 unspecified atom stereocenters. The zero-order valence-electron chi connectivity index (χ0n) is 6.55. The molecule has 0 aliphatic rings. The summed E-state index contributed by atoms with van der Waals surface area (Å²) in [5.41, 5.74) is 1.79. The maximum Gasteiger partial charge on any atom is 0.243 e. The molecule has 2 rings (SSSR count). The van der Waals surface area contributed by atoms with E-state index in [2.05, 4.69) is 48.6 Å². The number of nitrogens with zero attached hydrogens (tertiary/aromatic N) is 3. The quantitative estimate of drug-likeness (QED) is 0.666. The Balaban J connectivity index is 2.95. The van der Waals surface area contributed by atoms with Crippen LogP contribution in [0.4, 0.5) is 0 Å². The van der Waals surface area contributed by atoms with Gasteiger partial charge in [0.2, 0.25) is 5.28 Å². The molecule has 2 aromatic rings. The first kappa shape index (κ1) is 9.67. The van der Waals surface area contributed by atoms with Crippen molar-refractivity contribution in [2.24, 2.45) is 0 Å². The van der Waals surface area contributed by atoms with E-state index in [1.807, 2.05) is 13.0 Å². The Morgan fingerprint density at radius 2 is 2.31 bits per heavy atom. The maximum absolute atomic E-state index is 5.72. The molecule has 2 aromatic heterocycles. The Kier molecular flexibility index (Phi) is 2.50. The summed E-state index contributed by atoms with van der Waals surface area (Å²) in [6.45, 7) is 1.96. The molecule has 0 radical (unpaired) electrons. The Bertz CT molecular complexity index is 482. The van der Waals surface area contributed by atoms with Crippen molar-refractivity contribution in [3.8, 4) is 0 Å². The molecule has 0 N–H and O–H groups in total. The molecule has 0 spiro atoms. The van der Waals surface area contributed by atoms with Crippen molar-refractivity contribution in [2.75, 3.05) is 0 Å². The fourth-order valence-corrected chi connectivity index (χ4v) is 2.26. The van der Waals surface area contributed by atoms with E-state index in [-0.39, 0.29) is 5.28 Å². The number of hydrogen-bond acceptors (Lipinski definition) is 2. The van der Waals surface area contributed by atoms with Crippen LogP contribution in [-0.4, -0.2) is 14.6 Å². The van der Waals surface area contributed by atoms with E-state index in [1.165, 1.54) is 0 Å². The van der Waals surface area contributed by atoms with Crippen molar-refractivity contribution in [3.05, 3.63) is 25.1 Å². The highest BCUT2D eigenvalue weighted by molar-refractivity contribution is 14.1. The summed E-state index contributed by atoms with van der Waals surface area (Å²) in [6.07, 6.45) is 0. The molecule has 13 heavy (non-hydrogen) atoms. The summed E-state index contributed by atoms with van der Waals surface area (Å²) in [5.74, 6) is 0. The van der Waals surface area contributed by atoms with Gasteiger partial charge < -0.3 is 0 Å². The average molecular weight is 372 g/mol. The normalized spacial score (nSPS) is 11.1. The van der Waals surface area contributed by atoms with Crippen molar-refractivity contribution in [1.82, 2.24) is 14.6 Å². The summed E-state index contributed by atoms with van der Waals surface area (Å²) < 4.78 is 3.76. The molecular formula is C7H4BrClIN3. The van der Waals surface area contributed by atoms with Crippen LogP contribution in [0.5, 0.6) is 0 Å². The monoisotopic (exact) mass is 371 g/mol. The number of hydrogen-bond donors (Lipinski definition) is 0. The molecule has 0 fully saturated rings. The van der Waals surface area contributed by atoms with Crippen molar-refractivity contribution in [1.29, 1.82) is 0 Å². The third kappa shape index (κ3) is 1.57. The van der Waals surface area contributed by atoms with Gasteiger partial charge >= 0.3 is 0 Å². The van der Waals surface area contributed by atoms with Crippen molar-refractivity contribution in [3.63, 3.8) is 0 Å². The van der Waals surface area contributed by atoms with Gasteiger partial charge in [-0.05, 0) is 63.1 Å². The molecule has 0 aliphatic carbocycles. The van der Waals surface area contributed by atoms with E-state index in [1.54, 1.807) is 4.52 Å². The lowest BCUT2D eigenvalue weighted by Gasteiger charge is -2.01. The number of pyridine rings is 1. The van der Waals surface area contributed by atoms with Crippen LogP contribution in [-0.2, 0) is 0 Å². The SMILES string of the molecule is Cc1cc(Br)c(I)c2nc(Cl)nn12. The molecule has 3 nitrogen and oxygen atoms in total. The first-order valence-corrected chi connectivity index (χ1v) is 5.71. The Hall–Kier alpha value is 0.120. The first-order valence-electron chi connectivity index (χ1n) is 3.46. The molecule has 0 bridgehead atoms. The van der Waals surface area contributed by atoms with E-state index in [0.717, 1.165) is 19.4 Å². The molecule has 68 valence electrons. The fourth-order valence-electron chi connectivity index (χ4n) is 1.09. The summed E-state index contributed by atoms with van der Waals surface area (Å²) in [4.78, 5) is 4.11. The van der Waals surface area contributed by atoms with E-state index in [0.29, 0.717) is 0 Å². The van der Waals surface area contributed by atoms with Gasteiger partial charge in [0, 0.05) is 10.2 Å². The molecule has 0 saturated heterocycles. The Morgan fingerprint density at radius 3 is 3.00 bits per heavy atom. The van der Waals surface area contributed by atoms with Crippen LogP contribution in [0.2, 0.25) is 5.28 Å². The number of rotatable bonds is 0. The van der Waals surface area contributed by atoms with Gasteiger partial charge in [-0.1, -0.05) is 0 Å². The van der Waals surface area contributed by atoms with Crippen molar-refractivity contribution >= 4 is 55.8 Å². The highest BCUT2D eigenvalue weighted by Crippen LogP contribution is 2.24. The van der Waals surface area contributed by atoms with Crippen LogP contribution >= 0.6 is 50.1 Å². The molecule has 0 atom stereocenters. The lowest BCUT2D eigenvalue weighted by molar-refractivity contribution is 0.910. The molecule has 0 saturated carbocycles. The molecule has 0 amide bonds. The Morgan fingerprint density at radius 1 is 1.62 bits per heavy atom. The molecule has 6 heteroatoms. The second-order valence-corrected chi connectivity index (χ2v) is 4.84. The largest absolute Gasteiger partial charge is 0.243 e. The highest BCUT2D eigenvalue weighted by Gasteiger charge is 2.10. The van der Waals surface area contributed by atoms with E-state index >= 15 is 0 Å². The average Bonchev–Trinajstić information content (AvgIpc) is 2.44. The summed E-state index contributed by atoms with van der Waals surface area (Å²) >= 11 is 11.4. The topological polar surface area (TPSA) is 30.2 Å². The van der Waals surface area contributed by atoms with Crippen molar-refractivity contribution < 1.29 is 0 Å². The van der Waals surface area contributed by atoms with Gasteiger partial charge in [0.05, 0.1) is 3.57 Å². The molecule has 2 heterocycles. The van der Waals surface area contributed by atoms with Crippen LogP contribution in [0, 0.1) is 10.5 Å². The van der Waals surface area contributed by atoms with Crippen LogP contribution in [0.3, 0.4) is 0 Å². The first-order chi connectivity index (χ1) is 6.09. The van der Waals surface area contributed by atoms with Crippen molar-refractivity contribution in [2.45, 2.75) is 6.92 Å². The van der Waals surface area contributed by atoms with Gasteiger partial charge in [0.1, 0.15) is 0 Å². The standard InChI is InChI=1S/C7H4BrClIN3/c1-3-2-4(8)5(10)6-11-7(9)12-13(3)6/h2H,1H3. The van der Waals surface area contributed by atoms with Gasteiger partial charge in [-0.25, -0.2) is 4.52 Å². The predicted octanol–water partition coefficient (Wildman–Crippen LogP) is 3.06. The predicted molar refractivity (Wildman–Crippen MR) is 63.2 cm³/mol. The van der Waals surface area contributed by atoms with Gasteiger partial charge in [-0.2, -0.15) is 4.98 Å². The lowest BCUT2D eigenvalue weighted by Crippen LogP contribution is -1.95. The van der Waals surface area contributed by atoms with E-state index in [9.17, 15) is 0 Å². The minimum atomic E-state index is 0.277. The number of aryl methyl sites for hydroxylation is 1. The minimum absolute atomic E-state index is 0.277. The summed E-state index contributed by atoms with van der Waals surface area (Å²) in [5, 5.41) is 4.34. The van der Waals surface area contributed by atoms with Gasteiger partial charge in [-0.15, -0.1) is 5.10 Å². The number of aromatic nitrogens is 3. The third-order valence-corrected chi connectivity index (χ3v) is 4.25. The Labute approximate surface area is 102 Å². The highest BCUT2D eigenvalue weighted by atomic mass is 127. The van der Waals surface area contributed by atoms with Crippen LogP contribution in [0.25, 0.3) is 5.65 Å². The van der Waals surface area contributed by atoms with Gasteiger partial charge in [0.15, 0.2) is 5.65 Å². The molecule has 0 aliphatic heterocycles. The van der Waals surface area contributed by atoms with Crippen LogP contribution < -0.4 is 0 Å². The summed E-state index contributed by atoms with van der Waals surface area (Å²) in [7, 11) is 0.